The Hall–Kier alpha value is -10.1. The number of amides is 2. The summed E-state index contributed by atoms with van der Waals surface area (Å²) >= 11 is 5.95. The first kappa shape index (κ1) is 61.4. The summed E-state index contributed by atoms with van der Waals surface area (Å²) in [7, 11) is 0. The maximum atomic E-state index is 15.1. The van der Waals surface area contributed by atoms with E-state index < -0.39 is 47.4 Å². The number of H-pyrrole nitrogens is 1. The Morgan fingerprint density at radius 1 is 0.564 bits per heavy atom. The van der Waals surface area contributed by atoms with Gasteiger partial charge in [0.1, 0.15) is 11.3 Å². The number of alkyl halides is 6. The van der Waals surface area contributed by atoms with E-state index in [4.69, 9.17) is 10.2 Å². The zero-order valence-electron chi connectivity index (χ0n) is 50.1. The van der Waals surface area contributed by atoms with Gasteiger partial charge in [-0.2, -0.15) is 51.5 Å². The number of aromatic amines is 1. The molecule has 18 nitrogen and oxygen atoms in total. The molecule has 0 unspecified atom stereocenters. The normalized spacial score (nSPS) is 15.1. The van der Waals surface area contributed by atoms with Gasteiger partial charge in [0.25, 0.3) is 22.9 Å². The van der Waals surface area contributed by atoms with Crippen molar-refractivity contribution in [2.75, 3.05) is 0 Å². The van der Waals surface area contributed by atoms with Gasteiger partial charge in [-0.1, -0.05) is 104 Å². The summed E-state index contributed by atoms with van der Waals surface area (Å²) in [6.07, 6.45) is -3.07. The maximum absolute atomic E-state index is 15.1. The highest BCUT2D eigenvalue weighted by atomic mass is 79.9. The van der Waals surface area contributed by atoms with Crippen LogP contribution in [-0.2, 0) is 57.5 Å². The van der Waals surface area contributed by atoms with Crippen LogP contribution in [-0.4, -0.2) is 92.5 Å². The third kappa shape index (κ3) is 11.2. The average Bonchev–Trinajstić information content (AvgIpc) is 1.41. The fraction of sp³-hybridized carbons (Fsp3) is 0.206. The second-order valence-corrected chi connectivity index (χ2v) is 25.3. The lowest BCUT2D eigenvalue weighted by Crippen LogP contribution is -2.46. The molecule has 0 bridgehead atoms. The minimum atomic E-state index is -4.71. The quantitative estimate of drug-likeness (QED) is 0.115. The Balaban J connectivity index is 0.751. The molecule has 0 radical (unpaired) electrons. The molecular formula is C68H52Br2F6N14O4. The number of aromatic nitrogens is 12. The third-order valence-electron chi connectivity index (χ3n) is 17.5. The van der Waals surface area contributed by atoms with Crippen LogP contribution in [0.3, 0.4) is 0 Å². The van der Waals surface area contributed by atoms with Crippen LogP contribution in [0.25, 0.3) is 39.6 Å². The Labute approximate surface area is 547 Å². The van der Waals surface area contributed by atoms with Crippen LogP contribution in [0.1, 0.15) is 107 Å². The standard InChI is InChI=1S/C68H52Br2F6N14O4/c1-37-32-79-90(82-37)50-21-19-49(20-22-50)87-62-47(34-78-89(62)59-36-85(39(3)26-52(59)66(87)94)64(92)45-16-24-56(70)54(31-45)68(74,75)76)28-41-9-11-42(12-10-41)29-57-60(81-83-80-57)43-13-17-48(18-14-43)86-61-46(27-40-7-5-4-6-8-40)33-77-88(61)58-35-84(38(2)25-51(58)65(86)93)63(91)44-15-23-55(69)53(30-44)67(71,72)73/h4-24,30-34,38-39H,25-29,35-36H2,1-3H3,(H,80,81,83)/t38-,39-/m1/s1. The smallest absolute Gasteiger partial charge is 0.330 e. The average molecular weight is 1400 g/mol. The van der Waals surface area contributed by atoms with E-state index in [1.165, 1.54) is 38.9 Å². The van der Waals surface area contributed by atoms with Crippen LogP contribution >= 0.6 is 31.9 Å². The van der Waals surface area contributed by atoms with E-state index in [0.29, 0.717) is 87.1 Å². The van der Waals surface area contributed by atoms with E-state index in [9.17, 15) is 35.9 Å². The van der Waals surface area contributed by atoms with Crippen molar-refractivity contribution in [3.05, 3.63) is 272 Å². The van der Waals surface area contributed by atoms with E-state index in [1.807, 2.05) is 85.8 Å². The van der Waals surface area contributed by atoms with Gasteiger partial charge < -0.3 is 9.80 Å². The molecule has 1 N–H and O–H groups in total. The number of hydrogen-bond donors (Lipinski definition) is 1. The molecule has 0 saturated carbocycles. The van der Waals surface area contributed by atoms with Gasteiger partial charge in [-0.3, -0.25) is 33.4 Å². The summed E-state index contributed by atoms with van der Waals surface area (Å²) in [4.78, 5) is 62.8. The number of hydrogen-bond acceptors (Lipinski definition) is 10. The number of benzene rings is 6. The lowest BCUT2D eigenvalue weighted by atomic mass is 9.97. The number of fused-ring (bicyclic) bond motifs is 6. The van der Waals surface area contributed by atoms with Crippen LogP contribution in [0.4, 0.5) is 26.3 Å². The van der Waals surface area contributed by atoms with Crippen LogP contribution in [0.15, 0.2) is 177 Å². The molecule has 94 heavy (non-hydrogen) atoms. The molecule has 0 aliphatic carbocycles. The largest absolute Gasteiger partial charge is 0.417 e. The summed E-state index contributed by atoms with van der Waals surface area (Å²) in [5.41, 5.74) is 8.41. The molecule has 2 aliphatic rings. The van der Waals surface area contributed by atoms with Gasteiger partial charge in [0.05, 0.1) is 88.3 Å². The minimum absolute atomic E-state index is 0.0811. The molecule has 0 spiro atoms. The van der Waals surface area contributed by atoms with E-state index >= 15 is 9.59 Å². The maximum Gasteiger partial charge on any atom is 0.417 e. The predicted molar refractivity (Wildman–Crippen MR) is 342 cm³/mol. The number of aryl methyl sites for hydroxylation is 1. The highest BCUT2D eigenvalue weighted by molar-refractivity contribution is 9.10. The van der Waals surface area contributed by atoms with Crippen molar-refractivity contribution in [2.45, 2.75) is 90.4 Å². The Bertz CT molecular complexity index is 5110. The molecule has 14 rings (SSSR count). The molecule has 2 amide bonds. The summed E-state index contributed by atoms with van der Waals surface area (Å²) in [5, 5.41) is 30.1. The number of nitrogens with zero attached hydrogens (tertiary/aromatic N) is 13. The number of nitrogens with one attached hydrogen (secondary N) is 1. The van der Waals surface area contributed by atoms with Crippen molar-refractivity contribution in [1.82, 2.24) is 68.6 Å². The first-order valence-corrected chi connectivity index (χ1v) is 31.4. The molecule has 2 aliphatic heterocycles. The molecular weight excluding hydrogens is 1350 g/mol. The zero-order chi connectivity index (χ0) is 65.6. The van der Waals surface area contributed by atoms with Crippen molar-refractivity contribution < 1.29 is 35.9 Å². The van der Waals surface area contributed by atoms with Crippen molar-refractivity contribution in [3.8, 4) is 28.3 Å². The SMILES string of the molecule is Cc1cnn(-c2ccc(-n3c(=O)c4c(n5ncc(Cc6ccc(Cc7nn[nH]c7-c7ccc(-n8c(=O)c9c(n%10ncc(Cc%11ccccc%11)c8%10)CN(C(=O)c8ccc(Br)c(C(F)(F)F)c8)[C@H](C)C9)cc7)cc6)c35)CN(C(=O)c3ccc(Br)c(C(F)(F)F)c3)[C@H](C)C4)cc2)n1. The second-order valence-electron chi connectivity index (χ2n) is 23.6. The topological polar surface area (TPSA) is 192 Å². The minimum Gasteiger partial charge on any atom is -0.330 e. The molecule has 8 heterocycles. The molecule has 0 fully saturated rings. The number of rotatable bonds is 12. The summed E-state index contributed by atoms with van der Waals surface area (Å²) in [5.74, 6) is -1.24. The van der Waals surface area contributed by atoms with Gasteiger partial charge in [-0.05, 0) is 123 Å². The summed E-state index contributed by atoms with van der Waals surface area (Å²) < 4.78 is 90.3. The molecule has 2 atom stereocenters. The molecule has 0 saturated heterocycles. The first-order valence-electron chi connectivity index (χ1n) is 29.8. The van der Waals surface area contributed by atoms with Gasteiger partial charge in [0.15, 0.2) is 0 Å². The number of carbonyl (C=O) groups is 2. The Morgan fingerprint density at radius 3 is 1.49 bits per heavy atom. The van der Waals surface area contributed by atoms with Crippen LogP contribution in [0.5, 0.6) is 0 Å². The van der Waals surface area contributed by atoms with E-state index in [0.717, 1.165) is 45.6 Å². The molecule has 26 heteroatoms. The lowest BCUT2D eigenvalue weighted by Gasteiger charge is -2.35. The van der Waals surface area contributed by atoms with Crippen LogP contribution in [0.2, 0.25) is 0 Å². The zero-order valence-corrected chi connectivity index (χ0v) is 53.3. The van der Waals surface area contributed by atoms with E-state index in [1.54, 1.807) is 74.9 Å². The molecule has 6 aromatic carbocycles. The fourth-order valence-electron chi connectivity index (χ4n) is 12.7. The van der Waals surface area contributed by atoms with Gasteiger partial charge in [-0.15, -0.1) is 5.10 Å². The fourth-order valence-corrected chi connectivity index (χ4v) is 13.7. The summed E-state index contributed by atoms with van der Waals surface area (Å²) in [6, 6.07) is 37.8. The number of carbonyl (C=O) groups excluding carboxylic acids is 2. The van der Waals surface area contributed by atoms with Crippen molar-refractivity contribution in [1.29, 1.82) is 0 Å². The third-order valence-corrected chi connectivity index (χ3v) is 18.8. The van der Waals surface area contributed by atoms with Crippen LogP contribution < -0.4 is 11.1 Å². The van der Waals surface area contributed by atoms with E-state index in [2.05, 4.69) is 57.5 Å². The van der Waals surface area contributed by atoms with Crippen molar-refractivity contribution in [2.24, 2.45) is 0 Å². The van der Waals surface area contributed by atoms with Crippen molar-refractivity contribution >= 4 is 55.0 Å². The first-order chi connectivity index (χ1) is 45.1. The highest BCUT2D eigenvalue weighted by Gasteiger charge is 2.39. The number of halogens is 8. The second kappa shape index (κ2) is 23.8. The molecule has 12 aromatic rings. The summed E-state index contributed by atoms with van der Waals surface area (Å²) in [6.45, 7) is 5.17. The van der Waals surface area contributed by atoms with Gasteiger partial charge in [0.2, 0.25) is 0 Å². The Morgan fingerprint density at radius 2 is 1.02 bits per heavy atom. The van der Waals surface area contributed by atoms with Gasteiger partial charge >= 0.3 is 12.4 Å². The monoisotopic (exact) mass is 1400 g/mol. The van der Waals surface area contributed by atoms with E-state index in [-0.39, 0.29) is 57.1 Å². The van der Waals surface area contributed by atoms with Gasteiger partial charge in [0, 0.05) is 79.2 Å². The van der Waals surface area contributed by atoms with Crippen molar-refractivity contribution in [3.63, 3.8) is 0 Å². The Kier molecular flexibility index (Phi) is 15.6. The lowest BCUT2D eigenvalue weighted by molar-refractivity contribution is -0.139. The van der Waals surface area contributed by atoms with Gasteiger partial charge in [-0.25, -0.2) is 9.03 Å². The van der Waals surface area contributed by atoms with Crippen LogP contribution in [0, 0.1) is 6.92 Å². The predicted octanol–water partition coefficient (Wildman–Crippen LogP) is 12.5. The highest BCUT2D eigenvalue weighted by Crippen LogP contribution is 2.39. The molecule has 474 valence electrons. The molecule has 6 aromatic heterocycles.